The molecule has 5 nitrogen and oxygen atoms in total. The Hall–Kier alpha value is -2.34. The molecule has 0 bridgehead atoms. The zero-order chi connectivity index (χ0) is 20.2. The molecule has 1 aliphatic heterocycles. The summed E-state index contributed by atoms with van der Waals surface area (Å²) in [5, 5.41) is 1.72. The molecule has 0 saturated carbocycles. The van der Waals surface area contributed by atoms with Crippen LogP contribution in [0.3, 0.4) is 0 Å². The van der Waals surface area contributed by atoms with Gasteiger partial charge in [-0.1, -0.05) is 41.9 Å². The van der Waals surface area contributed by atoms with E-state index in [1.165, 1.54) is 10.5 Å². The average molecular weight is 414 g/mol. The highest BCUT2D eigenvalue weighted by Crippen LogP contribution is 2.27. The summed E-state index contributed by atoms with van der Waals surface area (Å²) >= 11 is 6.10. The third kappa shape index (κ3) is 4.47. The van der Waals surface area contributed by atoms with Gasteiger partial charge in [0.1, 0.15) is 12.1 Å². The van der Waals surface area contributed by atoms with E-state index >= 15 is 0 Å². The van der Waals surface area contributed by atoms with Gasteiger partial charge in [0.15, 0.2) is 5.76 Å². The van der Waals surface area contributed by atoms with Gasteiger partial charge in [-0.25, -0.2) is 0 Å². The molecular weight excluding hydrogens is 388 g/mol. The number of fused-ring (bicyclic) bond motifs is 1. The molecular formula is C23H26ClN2O3+. The topological polar surface area (TPSA) is 47.1 Å². The van der Waals surface area contributed by atoms with Crippen molar-refractivity contribution in [2.24, 2.45) is 0 Å². The van der Waals surface area contributed by atoms with E-state index in [1.807, 2.05) is 54.3 Å². The smallest absolute Gasteiger partial charge is 0.290 e. The SMILES string of the molecule is CCOCc1c(C(=O)N2CC[NH+](Cc3cccc(Cl)c3)CC2)oc2ccccc12. The number of hydrogen-bond donors (Lipinski definition) is 1. The first kappa shape index (κ1) is 20.0. The highest BCUT2D eigenvalue weighted by Gasteiger charge is 2.29. The highest BCUT2D eigenvalue weighted by atomic mass is 35.5. The quantitative estimate of drug-likeness (QED) is 0.675. The molecule has 1 fully saturated rings. The molecule has 0 aliphatic carbocycles. The summed E-state index contributed by atoms with van der Waals surface area (Å²) in [6.45, 7) is 7.07. The zero-order valence-corrected chi connectivity index (χ0v) is 17.4. The molecule has 0 spiro atoms. The molecule has 2 aromatic carbocycles. The van der Waals surface area contributed by atoms with Gasteiger partial charge in [-0.05, 0) is 25.1 Å². The second-order valence-corrected chi connectivity index (χ2v) is 7.83. The second-order valence-electron chi connectivity index (χ2n) is 7.39. The van der Waals surface area contributed by atoms with Crippen LogP contribution in [0.5, 0.6) is 0 Å². The van der Waals surface area contributed by atoms with Crippen molar-refractivity contribution in [1.29, 1.82) is 0 Å². The summed E-state index contributed by atoms with van der Waals surface area (Å²) in [5.74, 6) is 0.371. The highest BCUT2D eigenvalue weighted by molar-refractivity contribution is 6.30. The van der Waals surface area contributed by atoms with E-state index in [-0.39, 0.29) is 5.91 Å². The molecule has 1 saturated heterocycles. The minimum absolute atomic E-state index is 0.0438. The lowest BCUT2D eigenvalue weighted by molar-refractivity contribution is -0.917. The lowest BCUT2D eigenvalue weighted by Gasteiger charge is -2.32. The molecule has 1 aromatic heterocycles. The fraction of sp³-hybridized carbons (Fsp3) is 0.348. The number of nitrogens with one attached hydrogen (secondary N) is 1. The first-order valence-corrected chi connectivity index (χ1v) is 10.5. The number of quaternary nitrogens is 1. The van der Waals surface area contributed by atoms with Crippen molar-refractivity contribution in [3.63, 3.8) is 0 Å². The molecule has 0 radical (unpaired) electrons. The largest absolute Gasteiger partial charge is 0.451 e. The summed E-state index contributed by atoms with van der Waals surface area (Å²) in [5.41, 5.74) is 2.81. The molecule has 0 atom stereocenters. The van der Waals surface area contributed by atoms with Crippen LogP contribution in [0.4, 0.5) is 0 Å². The zero-order valence-electron chi connectivity index (χ0n) is 16.6. The number of furan rings is 1. The predicted octanol–water partition coefficient (Wildman–Crippen LogP) is 3.16. The van der Waals surface area contributed by atoms with Crippen LogP contribution in [0.25, 0.3) is 11.0 Å². The van der Waals surface area contributed by atoms with E-state index in [2.05, 4.69) is 6.07 Å². The van der Waals surface area contributed by atoms with Crippen molar-refractivity contribution in [3.05, 3.63) is 70.4 Å². The number of para-hydroxylation sites is 1. The first-order valence-electron chi connectivity index (χ1n) is 10.1. The van der Waals surface area contributed by atoms with Crippen LogP contribution >= 0.6 is 11.6 Å². The number of nitrogens with zero attached hydrogens (tertiary/aromatic N) is 1. The third-order valence-corrected chi connectivity index (χ3v) is 5.68. The summed E-state index contributed by atoms with van der Waals surface area (Å²) in [7, 11) is 0. The Morgan fingerprint density at radius 3 is 2.72 bits per heavy atom. The normalized spacial score (nSPS) is 15.2. The van der Waals surface area contributed by atoms with Crippen molar-refractivity contribution < 1.29 is 18.8 Å². The van der Waals surface area contributed by atoms with Crippen molar-refractivity contribution in [1.82, 2.24) is 4.90 Å². The molecule has 0 unspecified atom stereocenters. The van der Waals surface area contributed by atoms with Gasteiger partial charge in [0, 0.05) is 28.1 Å². The Kier molecular flexibility index (Phi) is 6.19. The van der Waals surface area contributed by atoms with E-state index in [1.54, 1.807) is 0 Å². The standard InChI is InChI=1S/C23H25ClN2O3/c1-2-28-16-20-19-8-3-4-9-21(19)29-22(20)23(27)26-12-10-25(11-13-26)15-17-6-5-7-18(24)14-17/h3-9,14H,2,10-13,15-16H2,1H3/p+1. The molecule has 4 rings (SSSR count). The van der Waals surface area contributed by atoms with Gasteiger partial charge in [0.25, 0.3) is 5.91 Å². The summed E-state index contributed by atoms with van der Waals surface area (Å²) < 4.78 is 11.6. The van der Waals surface area contributed by atoms with Gasteiger partial charge in [-0.3, -0.25) is 4.79 Å². The Morgan fingerprint density at radius 1 is 1.17 bits per heavy atom. The predicted molar refractivity (Wildman–Crippen MR) is 113 cm³/mol. The van der Waals surface area contributed by atoms with Gasteiger partial charge in [-0.2, -0.15) is 0 Å². The number of hydrogen-bond acceptors (Lipinski definition) is 3. The number of rotatable bonds is 6. The van der Waals surface area contributed by atoms with Gasteiger partial charge in [-0.15, -0.1) is 0 Å². The second kappa shape index (κ2) is 8.99. The molecule has 29 heavy (non-hydrogen) atoms. The average Bonchev–Trinajstić information content (AvgIpc) is 3.11. The lowest BCUT2D eigenvalue weighted by atomic mass is 10.1. The number of benzene rings is 2. The van der Waals surface area contributed by atoms with Crippen LogP contribution in [0.15, 0.2) is 52.9 Å². The summed E-state index contributed by atoms with van der Waals surface area (Å²) in [6.07, 6.45) is 0. The number of piperazine rings is 1. The number of carbonyl (C=O) groups excluding carboxylic acids is 1. The summed E-state index contributed by atoms with van der Waals surface area (Å²) in [6, 6.07) is 15.8. The monoisotopic (exact) mass is 413 g/mol. The summed E-state index contributed by atoms with van der Waals surface area (Å²) in [4.78, 5) is 16.6. The molecule has 1 amide bonds. The maximum atomic E-state index is 13.2. The minimum Gasteiger partial charge on any atom is -0.451 e. The van der Waals surface area contributed by atoms with Crippen molar-refractivity contribution in [2.75, 3.05) is 32.8 Å². The molecule has 1 aliphatic rings. The van der Waals surface area contributed by atoms with E-state index in [0.717, 1.165) is 41.2 Å². The Balaban J connectivity index is 1.45. The van der Waals surface area contributed by atoms with Crippen LogP contribution in [0, 0.1) is 0 Å². The molecule has 152 valence electrons. The Bertz CT molecular complexity index is 993. The van der Waals surface area contributed by atoms with Gasteiger partial charge in [0.05, 0.1) is 32.8 Å². The Morgan fingerprint density at radius 2 is 1.97 bits per heavy atom. The van der Waals surface area contributed by atoms with Crippen LogP contribution in [0.2, 0.25) is 5.02 Å². The lowest BCUT2D eigenvalue weighted by Crippen LogP contribution is -3.13. The third-order valence-electron chi connectivity index (χ3n) is 5.44. The number of ether oxygens (including phenoxy) is 1. The Labute approximate surface area is 175 Å². The van der Waals surface area contributed by atoms with E-state index in [0.29, 0.717) is 32.1 Å². The van der Waals surface area contributed by atoms with Crippen LogP contribution < -0.4 is 4.90 Å². The van der Waals surface area contributed by atoms with Gasteiger partial charge < -0.3 is 19.0 Å². The van der Waals surface area contributed by atoms with Crippen LogP contribution in [-0.2, 0) is 17.9 Å². The van der Waals surface area contributed by atoms with Crippen molar-refractivity contribution >= 4 is 28.5 Å². The first-order chi connectivity index (χ1) is 14.2. The number of halogens is 1. The maximum Gasteiger partial charge on any atom is 0.290 e. The van der Waals surface area contributed by atoms with E-state index in [4.69, 9.17) is 20.8 Å². The fourth-order valence-corrected chi connectivity index (χ4v) is 4.11. The van der Waals surface area contributed by atoms with Gasteiger partial charge >= 0.3 is 0 Å². The minimum atomic E-state index is -0.0438. The number of amides is 1. The molecule has 2 heterocycles. The van der Waals surface area contributed by atoms with Crippen LogP contribution in [0.1, 0.15) is 28.6 Å². The van der Waals surface area contributed by atoms with Crippen molar-refractivity contribution in [2.45, 2.75) is 20.1 Å². The molecule has 1 N–H and O–H groups in total. The maximum absolute atomic E-state index is 13.2. The van der Waals surface area contributed by atoms with Crippen molar-refractivity contribution in [3.8, 4) is 0 Å². The fourth-order valence-electron chi connectivity index (χ4n) is 3.90. The molecule has 3 aromatic rings. The number of carbonyl (C=O) groups is 1. The van der Waals surface area contributed by atoms with E-state index in [9.17, 15) is 4.79 Å². The van der Waals surface area contributed by atoms with Gasteiger partial charge in [0.2, 0.25) is 0 Å². The van der Waals surface area contributed by atoms with Crippen LogP contribution in [-0.4, -0.2) is 43.6 Å². The van der Waals surface area contributed by atoms with E-state index < -0.39 is 0 Å². The molecule has 6 heteroatoms.